The van der Waals surface area contributed by atoms with Gasteiger partial charge in [0.2, 0.25) is 0 Å². The lowest BCUT2D eigenvalue weighted by Crippen LogP contribution is -2.46. The number of aryl methyl sites for hydroxylation is 1. The summed E-state index contributed by atoms with van der Waals surface area (Å²) in [6, 6.07) is 16.7. The Bertz CT molecular complexity index is 1170. The van der Waals surface area contributed by atoms with Crippen LogP contribution in [0.5, 0.6) is 0 Å². The van der Waals surface area contributed by atoms with E-state index in [1.165, 1.54) is 37.3 Å². The Kier molecular flexibility index (Phi) is 9.88. The molecule has 2 aromatic rings. The Hall–Kier alpha value is -2.75. The van der Waals surface area contributed by atoms with Crippen LogP contribution in [0.4, 0.5) is 4.39 Å². The molecule has 3 atom stereocenters. The van der Waals surface area contributed by atoms with Gasteiger partial charge in [0.15, 0.2) is 0 Å². The number of carbonyl (C=O) groups is 1. The Morgan fingerprint density at radius 1 is 1.02 bits per heavy atom. The third-order valence-electron chi connectivity index (χ3n) is 9.82. The van der Waals surface area contributed by atoms with Crippen LogP contribution < -0.4 is 0 Å². The summed E-state index contributed by atoms with van der Waals surface area (Å²) in [5.41, 5.74) is 3.00. The average Bonchev–Trinajstić information content (AvgIpc) is 3.37. The van der Waals surface area contributed by atoms with Crippen LogP contribution in [0.3, 0.4) is 0 Å². The number of carboxylic acid groups (broad SMARTS) is 1. The van der Waals surface area contributed by atoms with E-state index in [0.29, 0.717) is 12.5 Å². The second-order valence-corrected chi connectivity index (χ2v) is 12.5. The van der Waals surface area contributed by atoms with E-state index in [0.717, 1.165) is 81.7 Å². The molecule has 0 spiro atoms. The summed E-state index contributed by atoms with van der Waals surface area (Å²) in [6.45, 7) is 4.57. The van der Waals surface area contributed by atoms with Crippen molar-refractivity contribution in [2.45, 2.75) is 76.2 Å². The first kappa shape index (κ1) is 28.8. The molecule has 3 unspecified atom stereocenters. The van der Waals surface area contributed by atoms with Crippen molar-refractivity contribution in [3.63, 3.8) is 0 Å². The van der Waals surface area contributed by atoms with E-state index in [9.17, 15) is 14.3 Å². The summed E-state index contributed by atoms with van der Waals surface area (Å²) in [7, 11) is 0. The van der Waals surface area contributed by atoms with Crippen molar-refractivity contribution >= 4 is 5.97 Å². The van der Waals surface area contributed by atoms with E-state index in [2.05, 4.69) is 21.9 Å². The minimum atomic E-state index is -0.689. The number of aliphatic carboxylic acids is 1. The first-order valence-corrected chi connectivity index (χ1v) is 15.4. The summed E-state index contributed by atoms with van der Waals surface area (Å²) < 4.78 is 14.2. The fourth-order valence-electron chi connectivity index (χ4n) is 7.72. The van der Waals surface area contributed by atoms with Crippen LogP contribution in [0.2, 0.25) is 0 Å². The third kappa shape index (κ3) is 7.30. The highest BCUT2D eigenvalue weighted by molar-refractivity contribution is 5.74. The number of nitrogens with zero attached hydrogens (tertiary/aromatic N) is 3. The summed E-state index contributed by atoms with van der Waals surface area (Å²) in [5, 5.41) is 19.4. The van der Waals surface area contributed by atoms with Crippen molar-refractivity contribution in [2.75, 3.05) is 32.7 Å². The van der Waals surface area contributed by atoms with Crippen molar-refractivity contribution in [1.29, 1.82) is 5.26 Å². The highest BCUT2D eigenvalue weighted by Crippen LogP contribution is 2.39. The van der Waals surface area contributed by atoms with E-state index in [4.69, 9.17) is 5.26 Å². The Labute approximate surface area is 239 Å². The third-order valence-corrected chi connectivity index (χ3v) is 9.82. The second kappa shape index (κ2) is 13.7. The average molecular weight is 546 g/mol. The maximum Gasteiger partial charge on any atom is 0.321 e. The molecule has 1 saturated carbocycles. The first-order chi connectivity index (χ1) is 19.5. The highest BCUT2D eigenvalue weighted by atomic mass is 19.1. The first-order valence-electron chi connectivity index (χ1n) is 15.4. The number of hydrogen-bond acceptors (Lipinski definition) is 4. The fourth-order valence-corrected chi connectivity index (χ4v) is 7.72. The van der Waals surface area contributed by atoms with E-state index < -0.39 is 12.0 Å². The van der Waals surface area contributed by atoms with Gasteiger partial charge in [-0.3, -0.25) is 9.69 Å². The second-order valence-electron chi connectivity index (χ2n) is 12.5. The SMILES string of the molecule is N#Cc1cccc(CCCC2CCN(CC3CN(C(C(=O)O)C4CCCCC4)CC3c3cccc(F)c3)CC2)c1. The maximum absolute atomic E-state index is 14.2. The summed E-state index contributed by atoms with van der Waals surface area (Å²) >= 11 is 0. The highest BCUT2D eigenvalue weighted by Gasteiger charge is 2.43. The lowest BCUT2D eigenvalue weighted by Gasteiger charge is -2.35. The van der Waals surface area contributed by atoms with Gasteiger partial charge in [0.1, 0.15) is 11.9 Å². The quantitative estimate of drug-likeness (QED) is 0.370. The number of carboxylic acids is 1. The summed E-state index contributed by atoms with van der Waals surface area (Å²) in [6.07, 6.45) is 11.2. The monoisotopic (exact) mass is 545 g/mol. The topological polar surface area (TPSA) is 67.6 Å². The molecule has 2 aliphatic heterocycles. The molecule has 214 valence electrons. The molecule has 2 saturated heterocycles. The zero-order valence-electron chi connectivity index (χ0n) is 23.7. The van der Waals surface area contributed by atoms with Gasteiger partial charge in [-0.25, -0.2) is 4.39 Å². The van der Waals surface area contributed by atoms with E-state index >= 15 is 0 Å². The normalized spacial score (nSPS) is 24.1. The number of nitriles is 1. The molecule has 1 N–H and O–H groups in total. The van der Waals surface area contributed by atoms with Crippen LogP contribution in [0.1, 0.15) is 80.4 Å². The Balaban J connectivity index is 1.18. The smallest absolute Gasteiger partial charge is 0.321 e. The van der Waals surface area contributed by atoms with Crippen molar-refractivity contribution in [2.24, 2.45) is 17.8 Å². The van der Waals surface area contributed by atoms with Crippen molar-refractivity contribution in [1.82, 2.24) is 9.80 Å². The number of rotatable bonds is 10. The van der Waals surface area contributed by atoms with Crippen molar-refractivity contribution < 1.29 is 14.3 Å². The molecule has 5 nitrogen and oxygen atoms in total. The zero-order valence-corrected chi connectivity index (χ0v) is 23.7. The van der Waals surface area contributed by atoms with Crippen LogP contribution in [0.15, 0.2) is 48.5 Å². The van der Waals surface area contributed by atoms with Gasteiger partial charge in [0.05, 0.1) is 11.6 Å². The molecule has 3 aliphatic rings. The van der Waals surface area contributed by atoms with Gasteiger partial charge in [-0.05, 0) is 105 Å². The number of benzene rings is 2. The number of likely N-dealkylation sites (tertiary alicyclic amines) is 2. The van der Waals surface area contributed by atoms with E-state index in [1.54, 1.807) is 12.1 Å². The summed E-state index contributed by atoms with van der Waals surface area (Å²) in [4.78, 5) is 17.3. The largest absolute Gasteiger partial charge is 0.480 e. The van der Waals surface area contributed by atoms with Crippen molar-refractivity contribution in [3.8, 4) is 6.07 Å². The standard InChI is InChI=1S/C34H44FN3O2/c35-31-14-6-13-29(20-31)32-24-38(33(34(39)40)28-11-2-1-3-12-28)23-30(32)22-37-17-15-25(16-18-37)7-4-8-26-9-5-10-27(19-26)21-36/h5-6,9-10,13-14,19-20,25,28,30,32-33H,1-4,7-8,11-12,15-18,22-24H2,(H,39,40). The van der Waals surface area contributed by atoms with Gasteiger partial charge in [0, 0.05) is 25.6 Å². The zero-order chi connectivity index (χ0) is 27.9. The van der Waals surface area contributed by atoms with Gasteiger partial charge in [0.25, 0.3) is 0 Å². The Morgan fingerprint density at radius 2 is 1.80 bits per heavy atom. The van der Waals surface area contributed by atoms with Crippen LogP contribution in [0, 0.1) is 34.9 Å². The molecule has 6 heteroatoms. The molecule has 0 amide bonds. The Morgan fingerprint density at radius 3 is 2.52 bits per heavy atom. The fraction of sp³-hybridized carbons (Fsp3) is 0.588. The molecule has 3 fully saturated rings. The predicted octanol–water partition coefficient (Wildman–Crippen LogP) is 6.48. The van der Waals surface area contributed by atoms with E-state index in [1.807, 2.05) is 24.3 Å². The molecule has 2 heterocycles. The summed E-state index contributed by atoms with van der Waals surface area (Å²) in [5.74, 6) is 0.510. The van der Waals surface area contributed by atoms with Gasteiger partial charge in [-0.2, -0.15) is 5.26 Å². The minimum Gasteiger partial charge on any atom is -0.480 e. The maximum atomic E-state index is 14.2. The van der Waals surface area contributed by atoms with Gasteiger partial charge >= 0.3 is 5.97 Å². The van der Waals surface area contributed by atoms with Crippen LogP contribution >= 0.6 is 0 Å². The number of hydrogen-bond donors (Lipinski definition) is 1. The molecular weight excluding hydrogens is 501 g/mol. The van der Waals surface area contributed by atoms with Crippen LogP contribution in [-0.2, 0) is 11.2 Å². The molecular formula is C34H44FN3O2. The van der Waals surface area contributed by atoms with Crippen LogP contribution in [0.25, 0.3) is 0 Å². The van der Waals surface area contributed by atoms with Gasteiger partial charge in [-0.1, -0.05) is 49.9 Å². The minimum absolute atomic E-state index is 0.156. The molecule has 0 radical (unpaired) electrons. The van der Waals surface area contributed by atoms with E-state index in [-0.39, 0.29) is 17.7 Å². The lowest BCUT2D eigenvalue weighted by molar-refractivity contribution is -0.145. The molecule has 2 aromatic carbocycles. The van der Waals surface area contributed by atoms with Crippen molar-refractivity contribution in [3.05, 3.63) is 71.0 Å². The molecule has 1 aliphatic carbocycles. The number of piperidine rings is 1. The predicted molar refractivity (Wildman–Crippen MR) is 155 cm³/mol. The molecule has 0 aromatic heterocycles. The number of halogens is 1. The molecule has 0 bridgehead atoms. The molecule has 40 heavy (non-hydrogen) atoms. The lowest BCUT2D eigenvalue weighted by atomic mass is 9.83. The van der Waals surface area contributed by atoms with Crippen LogP contribution in [-0.4, -0.2) is 59.6 Å². The van der Waals surface area contributed by atoms with Gasteiger partial charge in [-0.15, -0.1) is 0 Å². The molecule has 5 rings (SSSR count). The van der Waals surface area contributed by atoms with Gasteiger partial charge < -0.3 is 10.0 Å².